The molecule has 0 fully saturated rings. The molecule has 1 rings (SSSR count). The third kappa shape index (κ3) is 11.7. The fraction of sp³-hybridized carbons (Fsp3) is 0.571. The van der Waals surface area contributed by atoms with Crippen molar-refractivity contribution in [1.29, 1.82) is 0 Å². The minimum absolute atomic E-state index is 0.0718. The SMILES string of the molecule is O=C(O)CC[C@@H](NC(=O)CCCCCCCCCc1ccc(O)cc1)C(=O)NO. The first-order chi connectivity index (χ1) is 13.9. The number of hydrogen-bond donors (Lipinski definition) is 5. The molecule has 162 valence electrons. The first-order valence-electron chi connectivity index (χ1n) is 10.2. The van der Waals surface area contributed by atoms with E-state index in [9.17, 15) is 19.5 Å². The highest BCUT2D eigenvalue weighted by atomic mass is 16.5. The van der Waals surface area contributed by atoms with E-state index in [2.05, 4.69) is 5.32 Å². The molecule has 0 bridgehead atoms. The van der Waals surface area contributed by atoms with Crippen LogP contribution in [-0.4, -0.2) is 39.2 Å². The smallest absolute Gasteiger partial charge is 0.303 e. The number of unbranched alkanes of at least 4 members (excludes halogenated alkanes) is 6. The van der Waals surface area contributed by atoms with Gasteiger partial charge in [0.2, 0.25) is 5.91 Å². The van der Waals surface area contributed by atoms with Gasteiger partial charge in [0.05, 0.1) is 0 Å². The molecule has 1 aromatic rings. The topological polar surface area (TPSA) is 136 Å². The molecule has 8 nitrogen and oxygen atoms in total. The van der Waals surface area contributed by atoms with Crippen LogP contribution in [0.2, 0.25) is 0 Å². The second-order valence-corrected chi connectivity index (χ2v) is 7.17. The number of phenols is 1. The number of aliphatic carboxylic acids is 1. The van der Waals surface area contributed by atoms with E-state index in [1.54, 1.807) is 12.1 Å². The van der Waals surface area contributed by atoms with Gasteiger partial charge in [-0.3, -0.25) is 19.6 Å². The van der Waals surface area contributed by atoms with Gasteiger partial charge in [0, 0.05) is 12.8 Å². The van der Waals surface area contributed by atoms with Gasteiger partial charge in [0.15, 0.2) is 0 Å². The number of carboxylic acids is 1. The molecular weight excluding hydrogens is 376 g/mol. The fourth-order valence-corrected chi connectivity index (χ4v) is 3.04. The van der Waals surface area contributed by atoms with Gasteiger partial charge in [-0.25, -0.2) is 5.48 Å². The maximum absolute atomic E-state index is 11.9. The summed E-state index contributed by atoms with van der Waals surface area (Å²) >= 11 is 0. The molecule has 0 unspecified atom stereocenters. The Bertz CT molecular complexity index is 633. The molecule has 29 heavy (non-hydrogen) atoms. The summed E-state index contributed by atoms with van der Waals surface area (Å²) in [4.78, 5) is 34.0. The molecule has 0 aromatic heterocycles. The van der Waals surface area contributed by atoms with Gasteiger partial charge in [-0.1, -0.05) is 44.2 Å². The lowest BCUT2D eigenvalue weighted by Crippen LogP contribution is -2.46. The number of rotatable bonds is 15. The van der Waals surface area contributed by atoms with Crippen molar-refractivity contribution in [2.75, 3.05) is 0 Å². The number of hydroxylamine groups is 1. The molecule has 5 N–H and O–H groups in total. The standard InChI is InChI=1S/C21H32N2O6/c24-17-12-10-16(11-13-17)8-6-4-2-1-3-5-7-9-19(25)22-18(21(28)23-29)14-15-20(26)27/h10-13,18,24,29H,1-9,14-15H2,(H,22,25)(H,23,28)(H,26,27)/t18-/m1/s1. The number of benzene rings is 1. The van der Waals surface area contributed by atoms with E-state index < -0.39 is 17.9 Å². The summed E-state index contributed by atoms with van der Waals surface area (Å²) in [6.07, 6.45) is 8.07. The molecule has 0 aliphatic rings. The Morgan fingerprint density at radius 3 is 2.03 bits per heavy atom. The van der Waals surface area contributed by atoms with Crippen molar-refractivity contribution in [3.05, 3.63) is 29.8 Å². The van der Waals surface area contributed by atoms with Gasteiger partial charge in [0.25, 0.3) is 5.91 Å². The van der Waals surface area contributed by atoms with Crippen molar-refractivity contribution in [1.82, 2.24) is 10.8 Å². The largest absolute Gasteiger partial charge is 0.508 e. The van der Waals surface area contributed by atoms with E-state index in [0.717, 1.165) is 44.9 Å². The van der Waals surface area contributed by atoms with Crippen LogP contribution in [0, 0.1) is 0 Å². The van der Waals surface area contributed by atoms with E-state index >= 15 is 0 Å². The van der Waals surface area contributed by atoms with E-state index in [-0.39, 0.29) is 30.9 Å². The van der Waals surface area contributed by atoms with Crippen LogP contribution in [0.5, 0.6) is 5.75 Å². The number of aryl methyl sites for hydroxylation is 1. The van der Waals surface area contributed by atoms with Gasteiger partial charge < -0.3 is 15.5 Å². The summed E-state index contributed by atoms with van der Waals surface area (Å²) in [6.45, 7) is 0. The summed E-state index contributed by atoms with van der Waals surface area (Å²) in [5.74, 6) is -1.92. The molecule has 0 spiro atoms. The number of aromatic hydroxyl groups is 1. The Balaban J connectivity index is 2.06. The first kappa shape index (κ1) is 24.4. The number of amides is 2. The Morgan fingerprint density at radius 2 is 1.45 bits per heavy atom. The Labute approximate surface area is 171 Å². The number of carbonyl (C=O) groups is 3. The maximum atomic E-state index is 11.9. The van der Waals surface area contributed by atoms with Crippen LogP contribution in [-0.2, 0) is 20.8 Å². The lowest BCUT2D eigenvalue weighted by molar-refractivity contribution is -0.139. The number of hydrogen-bond acceptors (Lipinski definition) is 5. The highest BCUT2D eigenvalue weighted by molar-refractivity contribution is 5.87. The summed E-state index contributed by atoms with van der Waals surface area (Å²) in [5.41, 5.74) is 2.68. The van der Waals surface area contributed by atoms with Gasteiger partial charge in [-0.15, -0.1) is 0 Å². The van der Waals surface area contributed by atoms with Gasteiger partial charge >= 0.3 is 5.97 Å². The number of phenolic OH excluding ortho intramolecular Hbond substituents is 1. The zero-order chi connectivity index (χ0) is 21.5. The van der Waals surface area contributed by atoms with Gasteiger partial charge in [-0.05, 0) is 43.4 Å². The van der Waals surface area contributed by atoms with Crippen LogP contribution in [0.15, 0.2) is 24.3 Å². The summed E-state index contributed by atoms with van der Waals surface area (Å²) in [5, 5.41) is 29.1. The second kappa shape index (κ2) is 14.4. The van der Waals surface area contributed by atoms with Crippen LogP contribution >= 0.6 is 0 Å². The predicted molar refractivity (Wildman–Crippen MR) is 107 cm³/mol. The molecule has 0 aliphatic carbocycles. The first-order valence-corrected chi connectivity index (χ1v) is 10.2. The molecule has 0 heterocycles. The molecule has 1 atom stereocenters. The van der Waals surface area contributed by atoms with Crippen LogP contribution < -0.4 is 10.8 Å². The van der Waals surface area contributed by atoms with E-state index in [0.29, 0.717) is 6.42 Å². The summed E-state index contributed by atoms with van der Waals surface area (Å²) < 4.78 is 0. The number of nitrogens with one attached hydrogen (secondary N) is 2. The van der Waals surface area contributed by atoms with Crippen LogP contribution in [0.3, 0.4) is 0 Å². The number of carbonyl (C=O) groups excluding carboxylic acids is 2. The minimum Gasteiger partial charge on any atom is -0.508 e. The molecule has 0 radical (unpaired) electrons. The van der Waals surface area contributed by atoms with E-state index in [1.807, 2.05) is 12.1 Å². The van der Waals surface area contributed by atoms with Crippen molar-refractivity contribution in [3.8, 4) is 5.75 Å². The average Bonchev–Trinajstić information content (AvgIpc) is 2.70. The Kier molecular flexibility index (Phi) is 12.1. The molecule has 0 saturated carbocycles. The Morgan fingerprint density at radius 1 is 0.862 bits per heavy atom. The zero-order valence-corrected chi connectivity index (χ0v) is 16.7. The van der Waals surface area contributed by atoms with Gasteiger partial charge in [-0.2, -0.15) is 0 Å². The fourth-order valence-electron chi connectivity index (χ4n) is 3.04. The van der Waals surface area contributed by atoms with Crippen molar-refractivity contribution in [3.63, 3.8) is 0 Å². The molecule has 2 amide bonds. The van der Waals surface area contributed by atoms with Crippen molar-refractivity contribution >= 4 is 17.8 Å². The van der Waals surface area contributed by atoms with Gasteiger partial charge in [0.1, 0.15) is 11.8 Å². The van der Waals surface area contributed by atoms with Crippen molar-refractivity contribution in [2.45, 2.75) is 76.7 Å². The maximum Gasteiger partial charge on any atom is 0.303 e. The summed E-state index contributed by atoms with van der Waals surface area (Å²) in [6, 6.07) is 6.25. The molecular formula is C21H32N2O6. The minimum atomic E-state index is -1.07. The normalized spacial score (nSPS) is 11.6. The van der Waals surface area contributed by atoms with Crippen LogP contribution in [0.4, 0.5) is 0 Å². The predicted octanol–water partition coefficient (Wildman–Crippen LogP) is 2.91. The zero-order valence-electron chi connectivity index (χ0n) is 16.7. The van der Waals surface area contributed by atoms with E-state index in [4.69, 9.17) is 10.3 Å². The lowest BCUT2D eigenvalue weighted by atomic mass is 10.0. The molecule has 1 aromatic carbocycles. The summed E-state index contributed by atoms with van der Waals surface area (Å²) in [7, 11) is 0. The molecule has 0 saturated heterocycles. The highest BCUT2D eigenvalue weighted by Gasteiger charge is 2.21. The quantitative estimate of drug-likeness (QED) is 0.172. The van der Waals surface area contributed by atoms with E-state index in [1.165, 1.54) is 11.0 Å². The monoisotopic (exact) mass is 408 g/mol. The van der Waals surface area contributed by atoms with Crippen molar-refractivity contribution < 1.29 is 29.8 Å². The average molecular weight is 408 g/mol. The number of carboxylic acid groups (broad SMARTS) is 1. The molecule has 0 aliphatic heterocycles. The second-order valence-electron chi connectivity index (χ2n) is 7.17. The van der Waals surface area contributed by atoms with Crippen molar-refractivity contribution in [2.24, 2.45) is 0 Å². The third-order valence-corrected chi connectivity index (χ3v) is 4.71. The molecule has 8 heteroatoms. The highest BCUT2D eigenvalue weighted by Crippen LogP contribution is 2.14. The van der Waals surface area contributed by atoms with Crippen LogP contribution in [0.1, 0.15) is 69.8 Å². The Hall–Kier alpha value is -2.61. The lowest BCUT2D eigenvalue weighted by Gasteiger charge is -2.15. The van der Waals surface area contributed by atoms with Crippen LogP contribution in [0.25, 0.3) is 0 Å². The third-order valence-electron chi connectivity index (χ3n) is 4.71.